The van der Waals surface area contributed by atoms with Crippen LogP contribution in [0.1, 0.15) is 31.1 Å². The maximum atomic E-state index is 12.4. The molecule has 2 aliphatic heterocycles. The summed E-state index contributed by atoms with van der Waals surface area (Å²) in [5, 5.41) is 8.59. The number of carbonyl (C=O) groups excluding carboxylic acids is 2. The Morgan fingerprint density at radius 2 is 2.41 bits per heavy atom. The van der Waals surface area contributed by atoms with Crippen LogP contribution in [0.2, 0.25) is 0 Å². The van der Waals surface area contributed by atoms with Gasteiger partial charge in [-0.15, -0.1) is 11.3 Å². The summed E-state index contributed by atoms with van der Waals surface area (Å²) in [7, 11) is 0. The standard InChI is InChI=1S/C15H19N3O3S/c1-10-8-13(17-21-10)16-15(20)12-5-2-6-18(12)14(19)9-11-4-3-7-22-11/h3-4,7,10,12H,2,5-6,8-9H2,1H3,(H,16,17,20). The van der Waals surface area contributed by atoms with Gasteiger partial charge in [-0.05, 0) is 31.2 Å². The Kier molecular flexibility index (Phi) is 4.42. The molecule has 7 heteroatoms. The SMILES string of the molecule is CC1CC(NC(=O)C2CCCN2C(=O)Cc2cccs2)=NO1. The molecule has 0 spiro atoms. The number of likely N-dealkylation sites (tertiary alicyclic amines) is 1. The van der Waals surface area contributed by atoms with Crippen molar-refractivity contribution in [2.45, 2.75) is 44.8 Å². The lowest BCUT2D eigenvalue weighted by Gasteiger charge is -2.23. The van der Waals surface area contributed by atoms with Crippen molar-refractivity contribution in [3.63, 3.8) is 0 Å². The molecule has 0 saturated carbocycles. The van der Waals surface area contributed by atoms with Gasteiger partial charge in [0.15, 0.2) is 5.84 Å². The van der Waals surface area contributed by atoms with Gasteiger partial charge in [0.2, 0.25) is 11.8 Å². The minimum absolute atomic E-state index is 0.00422. The monoisotopic (exact) mass is 321 g/mol. The van der Waals surface area contributed by atoms with E-state index in [9.17, 15) is 9.59 Å². The Morgan fingerprint density at radius 1 is 1.55 bits per heavy atom. The second kappa shape index (κ2) is 6.48. The summed E-state index contributed by atoms with van der Waals surface area (Å²) in [4.78, 5) is 32.6. The van der Waals surface area contributed by atoms with E-state index in [1.807, 2.05) is 24.4 Å². The zero-order chi connectivity index (χ0) is 15.5. The molecule has 0 aromatic carbocycles. The normalized spacial score (nSPS) is 24.0. The maximum Gasteiger partial charge on any atom is 0.248 e. The van der Waals surface area contributed by atoms with Crippen molar-refractivity contribution >= 4 is 29.0 Å². The van der Waals surface area contributed by atoms with E-state index in [-0.39, 0.29) is 17.9 Å². The first-order valence-corrected chi connectivity index (χ1v) is 8.37. The molecule has 0 radical (unpaired) electrons. The number of carbonyl (C=O) groups is 2. The smallest absolute Gasteiger partial charge is 0.248 e. The van der Waals surface area contributed by atoms with Crippen LogP contribution in [0, 0.1) is 0 Å². The lowest BCUT2D eigenvalue weighted by atomic mass is 10.2. The molecule has 1 aromatic heterocycles. The van der Waals surface area contributed by atoms with E-state index in [1.165, 1.54) is 0 Å². The second-order valence-electron chi connectivity index (χ2n) is 5.65. The molecule has 3 heterocycles. The summed E-state index contributed by atoms with van der Waals surface area (Å²) in [5.74, 6) is 0.404. The summed E-state index contributed by atoms with van der Waals surface area (Å²) in [6.45, 7) is 2.54. The number of oxime groups is 1. The van der Waals surface area contributed by atoms with Crippen LogP contribution in [0.25, 0.3) is 0 Å². The number of nitrogens with one attached hydrogen (secondary N) is 1. The van der Waals surface area contributed by atoms with Gasteiger partial charge < -0.3 is 15.1 Å². The topological polar surface area (TPSA) is 71.0 Å². The number of amides is 2. The summed E-state index contributed by atoms with van der Waals surface area (Å²) in [6, 6.07) is 3.48. The minimum atomic E-state index is -0.397. The predicted molar refractivity (Wildman–Crippen MR) is 83.5 cm³/mol. The van der Waals surface area contributed by atoms with E-state index in [2.05, 4.69) is 10.5 Å². The van der Waals surface area contributed by atoms with Crippen molar-refractivity contribution in [1.82, 2.24) is 10.2 Å². The van der Waals surface area contributed by atoms with E-state index in [0.717, 1.165) is 11.3 Å². The van der Waals surface area contributed by atoms with Crippen LogP contribution in [0.15, 0.2) is 22.7 Å². The molecule has 1 N–H and O–H groups in total. The van der Waals surface area contributed by atoms with Gasteiger partial charge in [-0.2, -0.15) is 0 Å². The molecule has 2 aliphatic rings. The summed E-state index contributed by atoms with van der Waals surface area (Å²) < 4.78 is 0. The number of hydrogen-bond acceptors (Lipinski definition) is 5. The molecular formula is C15H19N3O3S. The number of hydrogen-bond donors (Lipinski definition) is 1. The Bertz CT molecular complexity index is 585. The van der Waals surface area contributed by atoms with Crippen LogP contribution in [-0.2, 0) is 20.8 Å². The van der Waals surface area contributed by atoms with E-state index in [0.29, 0.717) is 31.6 Å². The van der Waals surface area contributed by atoms with Crippen molar-refractivity contribution in [2.24, 2.45) is 5.16 Å². The number of thiophene rings is 1. The average molecular weight is 321 g/mol. The number of rotatable bonds is 3. The van der Waals surface area contributed by atoms with Crippen LogP contribution >= 0.6 is 11.3 Å². The summed E-state index contributed by atoms with van der Waals surface area (Å²) in [5.41, 5.74) is 0. The van der Waals surface area contributed by atoms with E-state index in [4.69, 9.17) is 4.84 Å². The molecule has 0 bridgehead atoms. The van der Waals surface area contributed by atoms with Gasteiger partial charge in [0, 0.05) is 17.8 Å². The highest BCUT2D eigenvalue weighted by atomic mass is 32.1. The highest BCUT2D eigenvalue weighted by Gasteiger charge is 2.35. The van der Waals surface area contributed by atoms with Crippen LogP contribution in [0.4, 0.5) is 0 Å². The first kappa shape index (κ1) is 15.0. The number of nitrogens with zero attached hydrogens (tertiary/aromatic N) is 2. The van der Waals surface area contributed by atoms with Crippen LogP contribution in [0.3, 0.4) is 0 Å². The second-order valence-corrected chi connectivity index (χ2v) is 6.68. The largest absolute Gasteiger partial charge is 0.391 e. The van der Waals surface area contributed by atoms with Crippen molar-refractivity contribution in [3.8, 4) is 0 Å². The molecule has 2 unspecified atom stereocenters. The fourth-order valence-electron chi connectivity index (χ4n) is 2.80. The Morgan fingerprint density at radius 3 is 3.09 bits per heavy atom. The molecule has 1 saturated heterocycles. The molecular weight excluding hydrogens is 302 g/mol. The van der Waals surface area contributed by atoms with Crippen LogP contribution in [-0.4, -0.2) is 41.2 Å². The lowest BCUT2D eigenvalue weighted by Crippen LogP contribution is -2.47. The van der Waals surface area contributed by atoms with Crippen molar-refractivity contribution in [2.75, 3.05) is 6.54 Å². The van der Waals surface area contributed by atoms with Gasteiger partial charge in [-0.3, -0.25) is 9.59 Å². The predicted octanol–water partition coefficient (Wildman–Crippen LogP) is 1.52. The van der Waals surface area contributed by atoms with Gasteiger partial charge >= 0.3 is 0 Å². The fraction of sp³-hybridized carbons (Fsp3) is 0.533. The van der Waals surface area contributed by atoms with Gasteiger partial charge in [-0.25, -0.2) is 0 Å². The molecule has 0 aliphatic carbocycles. The van der Waals surface area contributed by atoms with Crippen molar-refractivity contribution in [1.29, 1.82) is 0 Å². The van der Waals surface area contributed by atoms with Crippen molar-refractivity contribution in [3.05, 3.63) is 22.4 Å². The van der Waals surface area contributed by atoms with E-state index >= 15 is 0 Å². The number of amidine groups is 1. The Hall–Kier alpha value is -1.89. The third-order valence-corrected chi connectivity index (χ3v) is 4.75. The molecule has 6 nitrogen and oxygen atoms in total. The van der Waals surface area contributed by atoms with E-state index in [1.54, 1.807) is 16.2 Å². The minimum Gasteiger partial charge on any atom is -0.391 e. The van der Waals surface area contributed by atoms with E-state index < -0.39 is 6.04 Å². The summed E-state index contributed by atoms with van der Waals surface area (Å²) in [6.07, 6.45) is 2.51. The summed E-state index contributed by atoms with van der Waals surface area (Å²) >= 11 is 1.56. The Balaban J connectivity index is 1.60. The Labute approximate surface area is 133 Å². The van der Waals surface area contributed by atoms with Gasteiger partial charge in [-0.1, -0.05) is 11.2 Å². The quantitative estimate of drug-likeness (QED) is 0.917. The zero-order valence-electron chi connectivity index (χ0n) is 12.4. The molecule has 118 valence electrons. The van der Waals surface area contributed by atoms with Gasteiger partial charge in [0.25, 0.3) is 0 Å². The molecule has 2 amide bonds. The highest BCUT2D eigenvalue weighted by molar-refractivity contribution is 7.10. The molecule has 22 heavy (non-hydrogen) atoms. The lowest BCUT2D eigenvalue weighted by molar-refractivity contribution is -0.137. The van der Waals surface area contributed by atoms with Crippen molar-refractivity contribution < 1.29 is 14.4 Å². The first-order valence-electron chi connectivity index (χ1n) is 7.49. The highest BCUT2D eigenvalue weighted by Crippen LogP contribution is 2.20. The van der Waals surface area contributed by atoms with Crippen LogP contribution < -0.4 is 5.32 Å². The molecule has 2 atom stereocenters. The molecule has 1 aromatic rings. The average Bonchev–Trinajstić information content (AvgIpc) is 3.19. The fourth-order valence-corrected chi connectivity index (χ4v) is 3.50. The maximum absolute atomic E-state index is 12.4. The van der Waals surface area contributed by atoms with Crippen LogP contribution in [0.5, 0.6) is 0 Å². The molecule has 3 rings (SSSR count). The molecule has 1 fully saturated rings. The van der Waals surface area contributed by atoms with Gasteiger partial charge in [0.05, 0.1) is 6.42 Å². The zero-order valence-corrected chi connectivity index (χ0v) is 13.3. The van der Waals surface area contributed by atoms with Gasteiger partial charge in [0.1, 0.15) is 12.1 Å². The third-order valence-electron chi connectivity index (χ3n) is 3.87. The third kappa shape index (κ3) is 3.30. The first-order chi connectivity index (χ1) is 10.6.